The minimum atomic E-state index is -0.623. The van der Waals surface area contributed by atoms with Crippen LogP contribution >= 0.6 is 11.6 Å². The third kappa shape index (κ3) is 3.35. The van der Waals surface area contributed by atoms with Gasteiger partial charge in [0.25, 0.3) is 0 Å². The molecule has 1 aromatic carbocycles. The molecule has 2 nitrogen and oxygen atoms in total. The zero-order valence-corrected chi connectivity index (χ0v) is 8.11. The van der Waals surface area contributed by atoms with Crippen molar-refractivity contribution in [1.82, 2.24) is 0 Å². The predicted molar refractivity (Wildman–Crippen MR) is 54.8 cm³/mol. The summed E-state index contributed by atoms with van der Waals surface area (Å²) in [5, 5.41) is 9.33. The third-order valence-corrected chi connectivity index (χ3v) is 2.28. The van der Waals surface area contributed by atoms with E-state index in [9.17, 15) is 5.11 Å². The average Bonchev–Trinajstić information content (AvgIpc) is 2.18. The molecule has 0 bridgehead atoms. The fourth-order valence-corrected chi connectivity index (χ4v) is 1.37. The fourth-order valence-electron chi connectivity index (χ4n) is 1.14. The van der Waals surface area contributed by atoms with Crippen LogP contribution in [0.5, 0.6) is 0 Å². The molecule has 0 aliphatic carbocycles. The summed E-state index contributed by atoms with van der Waals surface area (Å²) < 4.78 is 0. The average molecular weight is 200 g/mol. The van der Waals surface area contributed by atoms with E-state index in [0.29, 0.717) is 6.42 Å². The summed E-state index contributed by atoms with van der Waals surface area (Å²) in [6, 6.07) is 9.55. The van der Waals surface area contributed by atoms with Crippen LogP contribution < -0.4 is 5.73 Å². The van der Waals surface area contributed by atoms with Gasteiger partial charge < -0.3 is 10.8 Å². The molecule has 3 N–H and O–H groups in total. The Balaban J connectivity index is 2.50. The molecule has 3 heteroatoms. The van der Waals surface area contributed by atoms with Crippen molar-refractivity contribution in [3.8, 4) is 0 Å². The van der Waals surface area contributed by atoms with E-state index in [1.165, 1.54) is 0 Å². The number of alkyl halides is 1. The van der Waals surface area contributed by atoms with Gasteiger partial charge in [-0.2, -0.15) is 0 Å². The normalized spacial score (nSPS) is 15.3. The number of aliphatic hydroxyl groups excluding tert-OH is 1. The van der Waals surface area contributed by atoms with Crippen LogP contribution in [0.25, 0.3) is 0 Å². The smallest absolute Gasteiger partial charge is 0.0829 e. The number of hydrogen-bond donors (Lipinski definition) is 2. The Labute approximate surface area is 83.3 Å². The van der Waals surface area contributed by atoms with Crippen LogP contribution in [0.15, 0.2) is 30.3 Å². The lowest BCUT2D eigenvalue weighted by atomic mass is 10.0. The second-order valence-electron chi connectivity index (χ2n) is 3.08. The SMILES string of the molecule is N[C@@H](Cc1ccccc1)[C@@H](O)CCl. The van der Waals surface area contributed by atoms with E-state index in [-0.39, 0.29) is 11.9 Å². The molecule has 0 heterocycles. The number of rotatable bonds is 4. The number of benzene rings is 1. The molecule has 13 heavy (non-hydrogen) atoms. The summed E-state index contributed by atoms with van der Waals surface area (Å²) in [7, 11) is 0. The lowest BCUT2D eigenvalue weighted by molar-refractivity contribution is 0.166. The van der Waals surface area contributed by atoms with Crippen molar-refractivity contribution in [2.75, 3.05) is 5.88 Å². The highest BCUT2D eigenvalue weighted by molar-refractivity contribution is 6.18. The largest absolute Gasteiger partial charge is 0.390 e. The Bertz CT molecular complexity index is 240. The summed E-state index contributed by atoms with van der Waals surface area (Å²) in [4.78, 5) is 0. The number of hydrogen-bond acceptors (Lipinski definition) is 2. The zero-order chi connectivity index (χ0) is 9.68. The van der Waals surface area contributed by atoms with Gasteiger partial charge in [-0.15, -0.1) is 11.6 Å². The van der Waals surface area contributed by atoms with Crippen LogP contribution in [0.4, 0.5) is 0 Å². The van der Waals surface area contributed by atoms with Crippen molar-refractivity contribution in [1.29, 1.82) is 0 Å². The summed E-state index contributed by atoms with van der Waals surface area (Å²) >= 11 is 5.48. The van der Waals surface area contributed by atoms with Gasteiger partial charge in [-0.3, -0.25) is 0 Å². The van der Waals surface area contributed by atoms with Crippen molar-refractivity contribution in [3.63, 3.8) is 0 Å². The zero-order valence-electron chi connectivity index (χ0n) is 7.36. The minimum absolute atomic E-state index is 0.188. The van der Waals surface area contributed by atoms with Crippen molar-refractivity contribution < 1.29 is 5.11 Å². The molecule has 0 unspecified atom stereocenters. The fraction of sp³-hybridized carbons (Fsp3) is 0.400. The summed E-state index contributed by atoms with van der Waals surface area (Å²) in [6.07, 6.45) is 0.0382. The van der Waals surface area contributed by atoms with Crippen LogP contribution in [0.1, 0.15) is 5.56 Å². The van der Waals surface area contributed by atoms with Crippen LogP contribution in [0.2, 0.25) is 0 Å². The maximum Gasteiger partial charge on any atom is 0.0829 e. The molecule has 1 aromatic rings. The highest BCUT2D eigenvalue weighted by Gasteiger charge is 2.13. The Hall–Kier alpha value is -0.570. The van der Waals surface area contributed by atoms with Gasteiger partial charge in [0.15, 0.2) is 0 Å². The molecule has 0 radical (unpaired) electrons. The maximum atomic E-state index is 9.33. The molecule has 0 saturated heterocycles. The van der Waals surface area contributed by atoms with E-state index < -0.39 is 6.10 Å². The molecule has 0 saturated carbocycles. The quantitative estimate of drug-likeness (QED) is 0.715. The topological polar surface area (TPSA) is 46.2 Å². The highest BCUT2D eigenvalue weighted by Crippen LogP contribution is 2.05. The maximum absolute atomic E-state index is 9.33. The second-order valence-corrected chi connectivity index (χ2v) is 3.38. The Morgan fingerprint density at radius 2 is 1.92 bits per heavy atom. The first-order chi connectivity index (χ1) is 6.24. The van der Waals surface area contributed by atoms with Crippen molar-refractivity contribution in [2.45, 2.75) is 18.6 Å². The van der Waals surface area contributed by atoms with E-state index in [1.807, 2.05) is 30.3 Å². The number of halogens is 1. The lowest BCUT2D eigenvalue weighted by Gasteiger charge is -2.15. The lowest BCUT2D eigenvalue weighted by Crippen LogP contribution is -2.37. The Kier molecular flexibility index (Phi) is 4.22. The van der Waals surface area contributed by atoms with Crippen molar-refractivity contribution in [2.24, 2.45) is 5.73 Å². The molecular weight excluding hydrogens is 186 g/mol. The monoisotopic (exact) mass is 199 g/mol. The first-order valence-electron chi connectivity index (χ1n) is 4.27. The van der Waals surface area contributed by atoms with Gasteiger partial charge in [0.05, 0.1) is 6.10 Å². The second kappa shape index (κ2) is 5.22. The van der Waals surface area contributed by atoms with Crippen LogP contribution in [0, 0.1) is 0 Å². The number of nitrogens with two attached hydrogens (primary N) is 1. The first-order valence-corrected chi connectivity index (χ1v) is 4.81. The molecule has 0 fully saturated rings. The van der Waals surface area contributed by atoms with E-state index in [1.54, 1.807) is 0 Å². The van der Waals surface area contributed by atoms with Gasteiger partial charge in [-0.05, 0) is 12.0 Å². The molecule has 0 amide bonds. The van der Waals surface area contributed by atoms with Crippen molar-refractivity contribution in [3.05, 3.63) is 35.9 Å². The van der Waals surface area contributed by atoms with E-state index in [4.69, 9.17) is 17.3 Å². The Morgan fingerprint density at radius 3 is 2.46 bits per heavy atom. The van der Waals surface area contributed by atoms with E-state index in [0.717, 1.165) is 5.56 Å². The van der Waals surface area contributed by atoms with Crippen LogP contribution in [-0.4, -0.2) is 23.1 Å². The summed E-state index contributed by atoms with van der Waals surface area (Å²) in [5.41, 5.74) is 6.85. The summed E-state index contributed by atoms with van der Waals surface area (Å²) in [5.74, 6) is 0.188. The van der Waals surface area contributed by atoms with Gasteiger partial charge in [-0.25, -0.2) is 0 Å². The number of aliphatic hydroxyl groups is 1. The van der Waals surface area contributed by atoms with Gasteiger partial charge in [0.1, 0.15) is 0 Å². The van der Waals surface area contributed by atoms with Gasteiger partial charge in [-0.1, -0.05) is 30.3 Å². The van der Waals surface area contributed by atoms with E-state index in [2.05, 4.69) is 0 Å². The first kappa shape index (κ1) is 10.5. The van der Waals surface area contributed by atoms with Gasteiger partial charge in [0, 0.05) is 11.9 Å². The molecule has 0 aliphatic rings. The standard InChI is InChI=1S/C10H14ClNO/c11-7-10(13)9(12)6-8-4-2-1-3-5-8/h1-5,9-10,13H,6-7,12H2/t9-,10-/m0/s1. The van der Waals surface area contributed by atoms with Crippen LogP contribution in [0.3, 0.4) is 0 Å². The molecular formula is C10H14ClNO. The third-order valence-electron chi connectivity index (χ3n) is 1.97. The van der Waals surface area contributed by atoms with Gasteiger partial charge >= 0.3 is 0 Å². The summed E-state index contributed by atoms with van der Waals surface area (Å²) in [6.45, 7) is 0. The molecule has 72 valence electrons. The highest BCUT2D eigenvalue weighted by atomic mass is 35.5. The molecule has 1 rings (SSSR count). The van der Waals surface area contributed by atoms with Crippen LogP contribution in [-0.2, 0) is 6.42 Å². The van der Waals surface area contributed by atoms with Crippen molar-refractivity contribution >= 4 is 11.6 Å². The molecule has 2 atom stereocenters. The van der Waals surface area contributed by atoms with E-state index >= 15 is 0 Å². The molecule has 0 aliphatic heterocycles. The predicted octanol–water partition coefficient (Wildman–Crippen LogP) is 1.16. The minimum Gasteiger partial charge on any atom is -0.390 e. The van der Waals surface area contributed by atoms with Gasteiger partial charge in [0.2, 0.25) is 0 Å². The Morgan fingerprint density at radius 1 is 1.31 bits per heavy atom. The molecule has 0 aromatic heterocycles. The molecule has 0 spiro atoms.